The smallest absolute Gasteiger partial charge is 0.270 e. The van der Waals surface area contributed by atoms with Crippen molar-refractivity contribution in [1.29, 1.82) is 0 Å². The zero-order valence-corrected chi connectivity index (χ0v) is 15.3. The Morgan fingerprint density at radius 3 is 2.50 bits per heavy atom. The summed E-state index contributed by atoms with van der Waals surface area (Å²) in [5.74, 6) is -0.696. The Hall–Kier alpha value is -3.48. The van der Waals surface area contributed by atoms with Crippen LogP contribution in [-0.4, -0.2) is 39.2 Å². The summed E-state index contributed by atoms with van der Waals surface area (Å²) >= 11 is 0. The van der Waals surface area contributed by atoms with E-state index in [9.17, 15) is 14.4 Å². The Morgan fingerprint density at radius 2 is 1.68 bits per heavy atom. The summed E-state index contributed by atoms with van der Waals surface area (Å²) in [7, 11) is 0. The number of aromatic nitrogens is 2. The lowest BCUT2D eigenvalue weighted by atomic mass is 10.1. The van der Waals surface area contributed by atoms with Gasteiger partial charge in [-0.15, -0.1) is 0 Å². The molecule has 7 heteroatoms. The maximum atomic E-state index is 12.9. The largest absolute Gasteiger partial charge is 0.339 e. The Balaban J connectivity index is 1.63. The summed E-state index contributed by atoms with van der Waals surface area (Å²) in [5, 5.41) is 2.71. The van der Waals surface area contributed by atoms with Crippen LogP contribution in [-0.2, 0) is 0 Å². The lowest BCUT2D eigenvalue weighted by molar-refractivity contribution is 0.0725. The molecule has 0 radical (unpaired) electrons. The van der Waals surface area contributed by atoms with E-state index in [4.69, 9.17) is 0 Å². The van der Waals surface area contributed by atoms with Crippen molar-refractivity contribution in [3.8, 4) is 0 Å². The van der Waals surface area contributed by atoms with Crippen molar-refractivity contribution in [2.75, 3.05) is 18.4 Å². The van der Waals surface area contributed by atoms with E-state index in [2.05, 4.69) is 10.3 Å². The Labute approximate surface area is 161 Å². The molecule has 1 N–H and O–H groups in total. The number of pyridine rings is 1. The lowest BCUT2D eigenvalue weighted by Gasteiger charge is -2.27. The van der Waals surface area contributed by atoms with E-state index in [0.717, 1.165) is 32.4 Å². The van der Waals surface area contributed by atoms with E-state index < -0.39 is 11.5 Å². The normalized spacial score (nSPS) is 14.1. The molecule has 0 atom stereocenters. The molecule has 0 spiro atoms. The average Bonchev–Trinajstić information content (AvgIpc) is 2.74. The van der Waals surface area contributed by atoms with Crippen molar-refractivity contribution >= 4 is 23.1 Å². The van der Waals surface area contributed by atoms with Crippen LogP contribution >= 0.6 is 0 Å². The van der Waals surface area contributed by atoms with E-state index in [1.807, 2.05) is 0 Å². The minimum absolute atomic E-state index is 0.0797. The summed E-state index contributed by atoms with van der Waals surface area (Å²) in [5.41, 5.74) is 0.740. The molecule has 3 heterocycles. The Bertz CT molecular complexity index is 1100. The molecular formula is C21H20N4O3. The molecule has 1 aromatic carbocycles. The fourth-order valence-electron chi connectivity index (χ4n) is 3.42. The van der Waals surface area contributed by atoms with Gasteiger partial charge in [0.1, 0.15) is 11.2 Å². The van der Waals surface area contributed by atoms with Crippen LogP contribution in [0.3, 0.4) is 0 Å². The third-order valence-electron chi connectivity index (χ3n) is 4.91. The number of piperidine rings is 1. The topological polar surface area (TPSA) is 83.8 Å². The highest BCUT2D eigenvalue weighted by Gasteiger charge is 2.22. The Kier molecular flexibility index (Phi) is 4.89. The number of hydrogen-bond acceptors (Lipinski definition) is 4. The van der Waals surface area contributed by atoms with E-state index in [1.54, 1.807) is 53.6 Å². The van der Waals surface area contributed by atoms with Crippen molar-refractivity contribution < 1.29 is 9.59 Å². The number of nitrogens with one attached hydrogen (secondary N) is 1. The maximum absolute atomic E-state index is 12.9. The molecule has 1 aliphatic heterocycles. The van der Waals surface area contributed by atoms with Gasteiger partial charge < -0.3 is 10.2 Å². The number of para-hydroxylation sites is 1. The number of rotatable bonds is 3. The van der Waals surface area contributed by atoms with Crippen molar-refractivity contribution in [3.63, 3.8) is 0 Å². The third-order valence-corrected chi connectivity index (χ3v) is 4.91. The molecular weight excluding hydrogens is 356 g/mol. The number of benzene rings is 1. The summed E-state index contributed by atoms with van der Waals surface area (Å²) in [6.07, 6.45) is 5.93. The fourth-order valence-corrected chi connectivity index (χ4v) is 3.42. The third kappa shape index (κ3) is 3.38. The van der Waals surface area contributed by atoms with Crippen LogP contribution in [0.4, 0.5) is 5.69 Å². The maximum Gasteiger partial charge on any atom is 0.270 e. The highest BCUT2D eigenvalue weighted by molar-refractivity contribution is 6.08. The number of amides is 2. The highest BCUT2D eigenvalue weighted by Crippen LogP contribution is 2.20. The molecule has 142 valence electrons. The van der Waals surface area contributed by atoms with E-state index in [1.165, 1.54) is 10.6 Å². The van der Waals surface area contributed by atoms with Gasteiger partial charge in [0.15, 0.2) is 0 Å². The first-order valence-electron chi connectivity index (χ1n) is 9.31. The van der Waals surface area contributed by atoms with Crippen LogP contribution in [0.5, 0.6) is 0 Å². The van der Waals surface area contributed by atoms with Gasteiger partial charge in [0.25, 0.3) is 17.4 Å². The van der Waals surface area contributed by atoms with Gasteiger partial charge in [-0.3, -0.25) is 18.8 Å². The van der Waals surface area contributed by atoms with Crippen molar-refractivity contribution in [2.24, 2.45) is 0 Å². The SMILES string of the molecule is O=C(Nc1ccccc1C(=O)N1CCCCC1)c1cnc2ccccn2c1=O. The summed E-state index contributed by atoms with van der Waals surface area (Å²) in [6, 6.07) is 12.0. The molecule has 0 bridgehead atoms. The van der Waals surface area contributed by atoms with Crippen LogP contribution in [0.2, 0.25) is 0 Å². The van der Waals surface area contributed by atoms with Crippen LogP contribution in [0, 0.1) is 0 Å². The minimum Gasteiger partial charge on any atom is -0.339 e. The molecule has 3 aromatic rings. The number of nitrogens with zero attached hydrogens (tertiary/aromatic N) is 3. The first-order chi connectivity index (χ1) is 13.6. The number of carbonyl (C=O) groups excluding carboxylic acids is 2. The summed E-state index contributed by atoms with van der Waals surface area (Å²) in [6.45, 7) is 1.44. The molecule has 1 aliphatic rings. The molecule has 2 aromatic heterocycles. The average molecular weight is 376 g/mol. The van der Waals surface area contributed by atoms with Crippen LogP contribution < -0.4 is 10.9 Å². The predicted octanol–water partition coefficient (Wildman–Crippen LogP) is 2.57. The number of hydrogen-bond donors (Lipinski definition) is 1. The fraction of sp³-hybridized carbons (Fsp3) is 0.238. The molecule has 7 nitrogen and oxygen atoms in total. The van der Waals surface area contributed by atoms with E-state index in [-0.39, 0.29) is 11.5 Å². The second-order valence-electron chi connectivity index (χ2n) is 6.76. The molecule has 1 fully saturated rings. The number of anilines is 1. The Morgan fingerprint density at radius 1 is 0.929 bits per heavy atom. The molecule has 1 saturated heterocycles. The standard InChI is InChI=1S/C21H20N4O3/c26-19(16-14-22-18-10-4-7-13-25(18)21(16)28)23-17-9-3-2-8-15(17)20(27)24-11-5-1-6-12-24/h2-4,7-10,13-14H,1,5-6,11-12H2,(H,23,26). The molecule has 0 aliphatic carbocycles. The van der Waals surface area contributed by atoms with Crippen LogP contribution in [0.25, 0.3) is 5.65 Å². The van der Waals surface area contributed by atoms with Gasteiger partial charge in [0.2, 0.25) is 0 Å². The molecule has 28 heavy (non-hydrogen) atoms. The zero-order valence-electron chi connectivity index (χ0n) is 15.3. The van der Waals surface area contributed by atoms with Crippen LogP contribution in [0.15, 0.2) is 59.7 Å². The molecule has 0 saturated carbocycles. The lowest BCUT2D eigenvalue weighted by Crippen LogP contribution is -2.36. The molecule has 0 unspecified atom stereocenters. The highest BCUT2D eigenvalue weighted by atomic mass is 16.2. The second kappa shape index (κ2) is 7.64. The van der Waals surface area contributed by atoms with E-state index >= 15 is 0 Å². The predicted molar refractivity (Wildman–Crippen MR) is 106 cm³/mol. The first-order valence-corrected chi connectivity index (χ1v) is 9.31. The van der Waals surface area contributed by atoms with Crippen LogP contribution in [0.1, 0.15) is 40.0 Å². The number of likely N-dealkylation sites (tertiary alicyclic amines) is 1. The zero-order chi connectivity index (χ0) is 19.5. The van der Waals surface area contributed by atoms with Gasteiger partial charge >= 0.3 is 0 Å². The van der Waals surface area contributed by atoms with Gasteiger partial charge in [-0.2, -0.15) is 0 Å². The first kappa shape index (κ1) is 17.9. The van der Waals surface area contributed by atoms with Gasteiger partial charge in [-0.1, -0.05) is 18.2 Å². The van der Waals surface area contributed by atoms with Gasteiger partial charge in [0.05, 0.1) is 11.3 Å². The van der Waals surface area contributed by atoms with Crippen molar-refractivity contribution in [2.45, 2.75) is 19.3 Å². The quantitative estimate of drug-likeness (QED) is 0.761. The van der Waals surface area contributed by atoms with Gasteiger partial charge in [0, 0.05) is 25.5 Å². The van der Waals surface area contributed by atoms with E-state index in [0.29, 0.717) is 16.9 Å². The number of carbonyl (C=O) groups is 2. The van der Waals surface area contributed by atoms with Gasteiger partial charge in [-0.05, 0) is 43.5 Å². The van der Waals surface area contributed by atoms with Crippen molar-refractivity contribution in [1.82, 2.24) is 14.3 Å². The summed E-state index contributed by atoms with van der Waals surface area (Å²) < 4.78 is 1.32. The minimum atomic E-state index is -0.588. The monoisotopic (exact) mass is 376 g/mol. The number of fused-ring (bicyclic) bond motifs is 1. The second-order valence-corrected chi connectivity index (χ2v) is 6.76. The molecule has 4 rings (SSSR count). The molecule has 2 amide bonds. The summed E-state index contributed by atoms with van der Waals surface area (Å²) in [4.78, 5) is 44.2. The van der Waals surface area contributed by atoms with Crippen molar-refractivity contribution in [3.05, 3.63) is 76.3 Å². The van der Waals surface area contributed by atoms with Gasteiger partial charge in [-0.25, -0.2) is 4.98 Å².